The third kappa shape index (κ3) is 4.29. The van der Waals surface area contributed by atoms with Crippen LogP contribution in [0.3, 0.4) is 0 Å². The summed E-state index contributed by atoms with van der Waals surface area (Å²) < 4.78 is 0. The fraction of sp³-hybridized carbons (Fsp3) is 0.257. The van der Waals surface area contributed by atoms with E-state index in [4.69, 9.17) is 19.9 Å². The van der Waals surface area contributed by atoms with Crippen molar-refractivity contribution in [1.29, 1.82) is 0 Å². The van der Waals surface area contributed by atoms with Gasteiger partial charge in [-0.3, -0.25) is 0 Å². The Balaban J connectivity index is 0.00000323. The van der Waals surface area contributed by atoms with Crippen LogP contribution in [0.1, 0.15) is 78.3 Å². The fourth-order valence-electron chi connectivity index (χ4n) is 5.50. The van der Waals surface area contributed by atoms with Crippen LogP contribution in [0.5, 0.6) is 0 Å². The smallest absolute Gasteiger partial charge is 0.657 e. The average molecular weight is 574 g/mol. The van der Waals surface area contributed by atoms with Crippen molar-refractivity contribution in [1.82, 2.24) is 19.9 Å². The summed E-state index contributed by atoms with van der Waals surface area (Å²) in [5, 5.41) is 0. The SMILES string of the molecule is CC1=C(C)c2cc3[n-]c(c(C)c3C)c(-c3ccc(C)cc3)c3nc(cc4[n-]c(cc1n2)c(C)c4C)C(C)=C3C.[Cu+2]. The van der Waals surface area contributed by atoms with Crippen molar-refractivity contribution < 1.29 is 17.1 Å². The third-order valence-corrected chi connectivity index (χ3v) is 8.85. The number of allylic oxidation sites excluding steroid dienone is 4. The Kier molecular flexibility index (Phi) is 7.02. The molecule has 0 fully saturated rings. The van der Waals surface area contributed by atoms with Crippen LogP contribution in [0.15, 0.2) is 42.5 Å². The number of benzene rings is 1. The molecule has 4 aromatic rings. The van der Waals surface area contributed by atoms with Gasteiger partial charge in [-0.05, 0) is 95.7 Å². The molecular weight excluding hydrogens is 540 g/mol. The predicted octanol–water partition coefficient (Wildman–Crippen LogP) is 8.68. The van der Waals surface area contributed by atoms with Crippen molar-refractivity contribution in [2.75, 3.05) is 0 Å². The molecule has 205 valence electrons. The van der Waals surface area contributed by atoms with E-state index in [1.54, 1.807) is 0 Å². The summed E-state index contributed by atoms with van der Waals surface area (Å²) in [7, 11) is 0. The van der Waals surface area contributed by atoms with Gasteiger partial charge in [-0.15, -0.1) is 22.1 Å². The van der Waals surface area contributed by atoms with Gasteiger partial charge >= 0.3 is 17.1 Å². The Morgan fingerprint density at radius 3 is 1.50 bits per heavy atom. The molecular formula is C35H34CuN4. The Morgan fingerprint density at radius 2 is 0.950 bits per heavy atom. The molecule has 0 N–H and O–H groups in total. The average Bonchev–Trinajstić information content (AvgIpc) is 3.54. The summed E-state index contributed by atoms with van der Waals surface area (Å²) >= 11 is 0. The Bertz CT molecular complexity index is 1930. The number of hydrogen-bond donors (Lipinski definition) is 0. The number of hydrogen-bond acceptors (Lipinski definition) is 2. The number of nitrogens with zero attached hydrogens (tertiary/aromatic N) is 4. The van der Waals surface area contributed by atoms with E-state index >= 15 is 0 Å². The summed E-state index contributed by atoms with van der Waals surface area (Å²) in [5.74, 6) is 0. The molecule has 0 aliphatic carbocycles. The second-order valence-electron chi connectivity index (χ2n) is 11.1. The largest absolute Gasteiger partial charge is 2.00 e. The molecule has 6 rings (SSSR count). The maximum absolute atomic E-state index is 5.26. The van der Waals surface area contributed by atoms with E-state index < -0.39 is 0 Å². The van der Waals surface area contributed by atoms with E-state index in [9.17, 15) is 0 Å². The molecule has 0 saturated heterocycles. The standard InChI is InChI=1S/C35H34N4.Cu/c1-17-10-12-26(13-11-17)33-34-24(8)22(6)31(38-34)15-29-20(4)18(2)27(36-29)14-28-19(3)21(5)30(37-28)16-32-23(7)25(9)35(33)39-32;/h10-16H,1-9H3;/q-2;+2. The van der Waals surface area contributed by atoms with Crippen LogP contribution in [-0.2, 0) is 17.1 Å². The summed E-state index contributed by atoms with van der Waals surface area (Å²) in [6.45, 7) is 19.4. The van der Waals surface area contributed by atoms with E-state index in [1.165, 1.54) is 50.1 Å². The van der Waals surface area contributed by atoms with Crippen LogP contribution in [-0.4, -0.2) is 9.97 Å². The maximum Gasteiger partial charge on any atom is 2.00 e. The molecule has 3 aromatic heterocycles. The Morgan fingerprint density at radius 1 is 0.500 bits per heavy atom. The molecule has 5 heterocycles. The number of fused-ring (bicyclic) bond motifs is 8. The molecule has 0 atom stereocenters. The molecule has 0 saturated carbocycles. The summed E-state index contributed by atoms with van der Waals surface area (Å²) in [6.07, 6.45) is 0. The molecule has 0 unspecified atom stereocenters. The van der Waals surface area contributed by atoms with Gasteiger partial charge in [0.25, 0.3) is 0 Å². The van der Waals surface area contributed by atoms with E-state index in [0.717, 1.165) is 56.0 Å². The zero-order valence-corrected chi connectivity index (χ0v) is 25.6. The first-order valence-corrected chi connectivity index (χ1v) is 13.6. The van der Waals surface area contributed by atoms with Crippen molar-refractivity contribution >= 4 is 44.4 Å². The number of rotatable bonds is 1. The molecule has 2 aliphatic rings. The van der Waals surface area contributed by atoms with E-state index in [-0.39, 0.29) is 17.1 Å². The molecule has 5 heteroatoms. The zero-order chi connectivity index (χ0) is 27.7. The second kappa shape index (κ2) is 10.1. The van der Waals surface area contributed by atoms with Crippen LogP contribution >= 0.6 is 0 Å². The third-order valence-electron chi connectivity index (χ3n) is 8.85. The Hall–Kier alpha value is -3.66. The van der Waals surface area contributed by atoms with Crippen molar-refractivity contribution in [2.45, 2.75) is 62.3 Å². The second-order valence-corrected chi connectivity index (χ2v) is 11.1. The van der Waals surface area contributed by atoms with Crippen LogP contribution in [0, 0.1) is 34.6 Å². The van der Waals surface area contributed by atoms with E-state index in [0.29, 0.717) is 0 Å². The number of aryl methyl sites for hydroxylation is 5. The summed E-state index contributed by atoms with van der Waals surface area (Å²) in [5.41, 5.74) is 20.6. The first-order valence-electron chi connectivity index (χ1n) is 13.6. The van der Waals surface area contributed by atoms with E-state index in [2.05, 4.69) is 105 Å². The fourth-order valence-corrected chi connectivity index (χ4v) is 5.50. The topological polar surface area (TPSA) is 54.0 Å². The van der Waals surface area contributed by atoms with Gasteiger partial charge in [0.1, 0.15) is 0 Å². The normalized spacial score (nSPS) is 13.2. The van der Waals surface area contributed by atoms with Gasteiger partial charge in [0, 0.05) is 0 Å². The molecule has 1 radical (unpaired) electrons. The molecule has 1 aromatic carbocycles. The van der Waals surface area contributed by atoms with Crippen molar-refractivity contribution in [2.24, 2.45) is 0 Å². The van der Waals surface area contributed by atoms with Crippen LogP contribution in [0.4, 0.5) is 0 Å². The van der Waals surface area contributed by atoms with Gasteiger partial charge < -0.3 is 9.97 Å². The monoisotopic (exact) mass is 573 g/mol. The quantitative estimate of drug-likeness (QED) is 0.214. The molecule has 0 amide bonds. The summed E-state index contributed by atoms with van der Waals surface area (Å²) in [4.78, 5) is 20.6. The minimum atomic E-state index is 0. The molecule has 40 heavy (non-hydrogen) atoms. The summed E-state index contributed by atoms with van der Waals surface area (Å²) in [6, 6.07) is 15.1. The minimum Gasteiger partial charge on any atom is -0.657 e. The van der Waals surface area contributed by atoms with Crippen LogP contribution in [0.2, 0.25) is 0 Å². The van der Waals surface area contributed by atoms with Crippen LogP contribution in [0.25, 0.3) is 55.5 Å². The minimum absolute atomic E-state index is 0. The first kappa shape index (κ1) is 27.9. The van der Waals surface area contributed by atoms with Crippen molar-refractivity contribution in [3.63, 3.8) is 0 Å². The maximum atomic E-state index is 5.26. The van der Waals surface area contributed by atoms with Gasteiger partial charge in [0.15, 0.2) is 0 Å². The molecule has 2 aliphatic heterocycles. The van der Waals surface area contributed by atoms with Gasteiger partial charge in [-0.1, -0.05) is 70.3 Å². The van der Waals surface area contributed by atoms with Crippen molar-refractivity contribution in [3.8, 4) is 11.1 Å². The first-order chi connectivity index (χ1) is 18.5. The number of aromatic nitrogens is 4. The Labute approximate surface area is 247 Å². The van der Waals surface area contributed by atoms with Gasteiger partial charge in [0.2, 0.25) is 0 Å². The van der Waals surface area contributed by atoms with Gasteiger partial charge in [0.05, 0.1) is 22.8 Å². The van der Waals surface area contributed by atoms with Gasteiger partial charge in [-0.25, -0.2) is 9.97 Å². The van der Waals surface area contributed by atoms with Crippen molar-refractivity contribution in [3.05, 3.63) is 93.1 Å². The molecule has 4 nitrogen and oxygen atoms in total. The zero-order valence-electron chi connectivity index (χ0n) is 24.6. The molecule has 0 spiro atoms. The predicted molar refractivity (Wildman–Crippen MR) is 164 cm³/mol. The van der Waals surface area contributed by atoms with E-state index in [1.807, 2.05) is 0 Å². The van der Waals surface area contributed by atoms with Crippen LogP contribution < -0.4 is 9.97 Å². The molecule has 8 bridgehead atoms. The van der Waals surface area contributed by atoms with Gasteiger partial charge in [-0.2, -0.15) is 0 Å².